The molecule has 0 heterocycles. The van der Waals surface area contributed by atoms with Crippen molar-refractivity contribution < 1.29 is 9.63 Å². The van der Waals surface area contributed by atoms with Gasteiger partial charge in [-0.15, -0.1) is 0 Å². The predicted molar refractivity (Wildman–Crippen MR) is 69.1 cm³/mol. The van der Waals surface area contributed by atoms with E-state index in [1.54, 1.807) is 18.2 Å². The molecule has 0 atom stereocenters. The first-order valence-corrected chi connectivity index (χ1v) is 6.09. The first-order valence-electron chi connectivity index (χ1n) is 5.33. The van der Waals surface area contributed by atoms with Crippen molar-refractivity contribution in [1.29, 1.82) is 0 Å². The van der Waals surface area contributed by atoms with Gasteiger partial charge in [-0.05, 0) is 23.6 Å². The van der Waals surface area contributed by atoms with Gasteiger partial charge in [-0.25, -0.2) is 5.48 Å². The first-order chi connectivity index (χ1) is 7.99. The van der Waals surface area contributed by atoms with Crippen LogP contribution < -0.4 is 5.48 Å². The highest BCUT2D eigenvalue weighted by Gasteiger charge is 2.07. The van der Waals surface area contributed by atoms with Gasteiger partial charge in [0, 0.05) is 10.0 Å². The molecule has 1 aromatic rings. The number of amides is 1. The monoisotopic (exact) mass is 275 g/mol. The predicted octanol–water partition coefficient (Wildman–Crippen LogP) is 3.24. The summed E-state index contributed by atoms with van der Waals surface area (Å²) in [6.07, 6.45) is 0.175. The molecule has 1 N–H and O–H groups in total. The third-order valence-corrected chi connectivity index (χ3v) is 2.56. The van der Waals surface area contributed by atoms with Crippen LogP contribution >= 0.6 is 23.2 Å². The maximum atomic E-state index is 11.5. The van der Waals surface area contributed by atoms with Gasteiger partial charge in [0.2, 0.25) is 5.91 Å². The summed E-state index contributed by atoms with van der Waals surface area (Å²) in [7, 11) is 0. The zero-order valence-corrected chi connectivity index (χ0v) is 11.3. The number of benzene rings is 1. The molecule has 94 valence electrons. The maximum Gasteiger partial charge on any atom is 0.248 e. The minimum absolute atomic E-state index is 0.175. The highest BCUT2D eigenvalue weighted by Crippen LogP contribution is 2.21. The van der Waals surface area contributed by atoms with Gasteiger partial charge in [0.25, 0.3) is 0 Å². The van der Waals surface area contributed by atoms with Crippen LogP contribution in [0.3, 0.4) is 0 Å². The second-order valence-corrected chi connectivity index (χ2v) is 4.99. The molecule has 17 heavy (non-hydrogen) atoms. The number of nitrogens with one attached hydrogen (secondary N) is 1. The van der Waals surface area contributed by atoms with E-state index in [9.17, 15) is 4.79 Å². The Bertz CT molecular complexity index is 394. The molecule has 0 saturated heterocycles. The zero-order valence-electron chi connectivity index (χ0n) is 9.80. The van der Waals surface area contributed by atoms with Crippen LogP contribution in [-0.2, 0) is 16.1 Å². The van der Waals surface area contributed by atoms with E-state index >= 15 is 0 Å². The second-order valence-electron chi connectivity index (χ2n) is 4.14. The van der Waals surface area contributed by atoms with Crippen LogP contribution in [0.15, 0.2) is 18.2 Å². The summed E-state index contributed by atoms with van der Waals surface area (Å²) in [5, 5.41) is 1.03. The number of rotatable bonds is 5. The molecule has 0 unspecified atom stereocenters. The smallest absolute Gasteiger partial charge is 0.248 e. The fourth-order valence-corrected chi connectivity index (χ4v) is 1.64. The Kier molecular flexibility index (Phi) is 5.75. The molecular formula is C12H15Cl2NO2. The van der Waals surface area contributed by atoms with Crippen LogP contribution in [0.25, 0.3) is 0 Å². The van der Waals surface area contributed by atoms with Crippen LogP contribution in [0.2, 0.25) is 10.0 Å². The number of hydrogen-bond donors (Lipinski definition) is 1. The van der Waals surface area contributed by atoms with Crippen molar-refractivity contribution in [1.82, 2.24) is 5.48 Å². The number of hydrogen-bond acceptors (Lipinski definition) is 2. The molecule has 1 aromatic carbocycles. The van der Waals surface area contributed by atoms with Gasteiger partial charge in [0.1, 0.15) is 0 Å². The van der Waals surface area contributed by atoms with E-state index in [4.69, 9.17) is 28.0 Å². The van der Waals surface area contributed by atoms with Crippen molar-refractivity contribution in [2.24, 2.45) is 5.92 Å². The van der Waals surface area contributed by atoms with Gasteiger partial charge < -0.3 is 0 Å². The highest BCUT2D eigenvalue weighted by atomic mass is 35.5. The Morgan fingerprint density at radius 2 is 2.12 bits per heavy atom. The van der Waals surface area contributed by atoms with E-state index in [0.717, 1.165) is 5.56 Å². The molecule has 0 fully saturated rings. The Morgan fingerprint density at radius 3 is 2.71 bits per heavy atom. The SMILES string of the molecule is CC(C)CONC(=O)Cc1ccc(Cl)cc1Cl. The summed E-state index contributed by atoms with van der Waals surface area (Å²) < 4.78 is 0. The summed E-state index contributed by atoms with van der Waals surface area (Å²) in [6.45, 7) is 4.49. The van der Waals surface area contributed by atoms with Gasteiger partial charge in [-0.2, -0.15) is 0 Å². The molecule has 1 rings (SSSR count). The molecule has 0 spiro atoms. The molecule has 3 nitrogen and oxygen atoms in total. The minimum atomic E-state index is -0.227. The van der Waals surface area contributed by atoms with Gasteiger partial charge in [-0.3, -0.25) is 9.63 Å². The Hall–Kier alpha value is -0.770. The molecule has 0 aliphatic carbocycles. The molecule has 0 radical (unpaired) electrons. The number of hydroxylamine groups is 1. The number of carbonyl (C=O) groups is 1. The van der Waals surface area contributed by atoms with E-state index in [1.165, 1.54) is 0 Å². The topological polar surface area (TPSA) is 38.3 Å². The van der Waals surface area contributed by atoms with Crippen molar-refractivity contribution in [2.45, 2.75) is 20.3 Å². The van der Waals surface area contributed by atoms with Crippen LogP contribution in [0, 0.1) is 5.92 Å². The van der Waals surface area contributed by atoms with Gasteiger partial charge in [0.15, 0.2) is 0 Å². The van der Waals surface area contributed by atoms with Crippen molar-refractivity contribution >= 4 is 29.1 Å². The molecule has 0 bridgehead atoms. The largest absolute Gasteiger partial charge is 0.273 e. The Labute approximate surface area is 111 Å². The Balaban J connectivity index is 2.45. The minimum Gasteiger partial charge on any atom is -0.273 e. The zero-order chi connectivity index (χ0) is 12.8. The van der Waals surface area contributed by atoms with Crippen LogP contribution in [0.1, 0.15) is 19.4 Å². The van der Waals surface area contributed by atoms with E-state index in [-0.39, 0.29) is 12.3 Å². The first kappa shape index (κ1) is 14.3. The van der Waals surface area contributed by atoms with Crippen molar-refractivity contribution in [3.8, 4) is 0 Å². The molecule has 0 aliphatic rings. The normalized spacial score (nSPS) is 10.6. The van der Waals surface area contributed by atoms with Gasteiger partial charge in [0.05, 0.1) is 13.0 Å². The van der Waals surface area contributed by atoms with E-state index in [0.29, 0.717) is 22.6 Å². The summed E-state index contributed by atoms with van der Waals surface area (Å²) in [5.74, 6) is 0.143. The van der Waals surface area contributed by atoms with Crippen molar-refractivity contribution in [2.75, 3.05) is 6.61 Å². The third-order valence-electron chi connectivity index (χ3n) is 1.97. The standard InChI is InChI=1S/C12H15Cl2NO2/c1-8(2)7-17-15-12(16)5-9-3-4-10(13)6-11(9)14/h3-4,6,8H,5,7H2,1-2H3,(H,15,16). The van der Waals surface area contributed by atoms with E-state index in [2.05, 4.69) is 5.48 Å². The Morgan fingerprint density at radius 1 is 1.41 bits per heavy atom. The molecule has 0 saturated carbocycles. The quantitative estimate of drug-likeness (QED) is 0.838. The van der Waals surface area contributed by atoms with Gasteiger partial charge in [-0.1, -0.05) is 43.1 Å². The maximum absolute atomic E-state index is 11.5. The lowest BCUT2D eigenvalue weighted by atomic mass is 10.1. The lowest BCUT2D eigenvalue weighted by Crippen LogP contribution is -2.27. The summed E-state index contributed by atoms with van der Waals surface area (Å²) in [4.78, 5) is 16.5. The summed E-state index contributed by atoms with van der Waals surface area (Å²) >= 11 is 11.7. The van der Waals surface area contributed by atoms with E-state index < -0.39 is 0 Å². The number of halogens is 2. The molecule has 5 heteroatoms. The molecule has 0 aliphatic heterocycles. The van der Waals surface area contributed by atoms with Crippen molar-refractivity contribution in [3.05, 3.63) is 33.8 Å². The van der Waals surface area contributed by atoms with Crippen LogP contribution in [0.4, 0.5) is 0 Å². The third kappa shape index (κ3) is 5.39. The molecule has 0 aromatic heterocycles. The number of carbonyl (C=O) groups excluding carboxylic acids is 1. The highest BCUT2D eigenvalue weighted by molar-refractivity contribution is 6.35. The van der Waals surface area contributed by atoms with Gasteiger partial charge >= 0.3 is 0 Å². The summed E-state index contributed by atoms with van der Waals surface area (Å²) in [5.41, 5.74) is 3.10. The van der Waals surface area contributed by atoms with E-state index in [1.807, 2.05) is 13.8 Å². The summed E-state index contributed by atoms with van der Waals surface area (Å²) in [6, 6.07) is 5.04. The van der Waals surface area contributed by atoms with Crippen molar-refractivity contribution in [3.63, 3.8) is 0 Å². The average Bonchev–Trinajstić information content (AvgIpc) is 2.21. The van der Waals surface area contributed by atoms with Crippen LogP contribution in [-0.4, -0.2) is 12.5 Å². The lowest BCUT2D eigenvalue weighted by molar-refractivity contribution is -0.133. The van der Waals surface area contributed by atoms with Crippen LogP contribution in [0.5, 0.6) is 0 Å². The fraction of sp³-hybridized carbons (Fsp3) is 0.417. The fourth-order valence-electron chi connectivity index (χ4n) is 1.16. The average molecular weight is 276 g/mol. The second kappa shape index (κ2) is 6.84. The molecule has 1 amide bonds. The molecular weight excluding hydrogens is 261 g/mol. The lowest BCUT2D eigenvalue weighted by Gasteiger charge is -2.08.